The second-order valence-electron chi connectivity index (χ2n) is 6.66. The Balaban J connectivity index is 1.52. The summed E-state index contributed by atoms with van der Waals surface area (Å²) in [4.78, 5) is 0. The summed E-state index contributed by atoms with van der Waals surface area (Å²) >= 11 is 0. The van der Waals surface area contributed by atoms with Crippen LogP contribution in [0.3, 0.4) is 0 Å². The molecule has 1 aromatic rings. The van der Waals surface area contributed by atoms with Gasteiger partial charge in [0.1, 0.15) is 23.1 Å². The monoisotopic (exact) mass is 345 g/mol. The fraction of sp³-hybridized carbons (Fsp3) is 0.0741. The van der Waals surface area contributed by atoms with Crippen LogP contribution in [-0.2, 0) is 0 Å². The van der Waals surface area contributed by atoms with Crippen LogP contribution in [0.5, 0.6) is 0 Å². The lowest BCUT2D eigenvalue weighted by Gasteiger charge is -2.02. The highest BCUT2D eigenvalue weighted by Crippen LogP contribution is 2.26. The SMILES string of the molecule is C(=C1C=CCC=C1)=C1C=CCC([CH+]C2=CC(=[C+]c3ccccc3)C=C[CH+]2)=C1. The van der Waals surface area contributed by atoms with Gasteiger partial charge < -0.3 is 0 Å². The Morgan fingerprint density at radius 3 is 2.56 bits per heavy atom. The minimum absolute atomic E-state index is 0.947. The lowest BCUT2D eigenvalue weighted by Crippen LogP contribution is -1.97. The molecule has 0 atom stereocenters. The summed E-state index contributed by atoms with van der Waals surface area (Å²) in [5.74, 6) is 0. The third kappa shape index (κ3) is 4.81. The summed E-state index contributed by atoms with van der Waals surface area (Å²) in [7, 11) is 0. The molecule has 4 rings (SSSR count). The quantitative estimate of drug-likeness (QED) is 0.432. The van der Waals surface area contributed by atoms with E-state index in [0.717, 1.165) is 35.1 Å². The molecule has 0 bridgehead atoms. The topological polar surface area (TPSA) is 0 Å². The zero-order valence-corrected chi connectivity index (χ0v) is 15.2. The Kier molecular flexibility index (Phi) is 5.23. The van der Waals surface area contributed by atoms with Gasteiger partial charge in [0.15, 0.2) is 5.57 Å². The highest BCUT2D eigenvalue weighted by molar-refractivity contribution is 5.53. The molecule has 0 nitrogen and oxygen atoms in total. The Bertz CT molecular complexity index is 962. The Morgan fingerprint density at radius 2 is 1.70 bits per heavy atom. The van der Waals surface area contributed by atoms with E-state index in [2.05, 4.69) is 97.5 Å². The van der Waals surface area contributed by atoms with Crippen LogP contribution in [0.25, 0.3) is 0 Å². The molecule has 3 aliphatic rings. The number of benzene rings is 1. The number of hydrogen-bond donors (Lipinski definition) is 0. The molecular formula is C27H21+3. The Hall–Kier alpha value is -3.43. The van der Waals surface area contributed by atoms with Crippen LogP contribution in [0.1, 0.15) is 18.4 Å². The zero-order chi connectivity index (χ0) is 18.3. The maximum atomic E-state index is 3.48. The molecule has 126 valence electrons. The van der Waals surface area contributed by atoms with E-state index in [1.54, 1.807) is 0 Å². The van der Waals surface area contributed by atoms with Gasteiger partial charge in [0.05, 0.1) is 30.2 Å². The second kappa shape index (κ2) is 8.30. The van der Waals surface area contributed by atoms with Gasteiger partial charge in [-0.05, 0) is 30.7 Å². The van der Waals surface area contributed by atoms with E-state index in [1.165, 1.54) is 11.1 Å². The molecule has 0 N–H and O–H groups in total. The predicted octanol–water partition coefficient (Wildman–Crippen LogP) is 6.52. The first kappa shape index (κ1) is 17.0. The van der Waals surface area contributed by atoms with Gasteiger partial charge in [-0.3, -0.25) is 0 Å². The molecule has 3 aliphatic carbocycles. The van der Waals surface area contributed by atoms with E-state index in [-0.39, 0.29) is 0 Å². The molecule has 0 spiro atoms. The highest BCUT2D eigenvalue weighted by atomic mass is 14.1. The molecule has 0 heteroatoms. The van der Waals surface area contributed by atoms with Crippen molar-refractivity contribution in [3.8, 4) is 0 Å². The molecule has 0 saturated heterocycles. The van der Waals surface area contributed by atoms with Crippen molar-refractivity contribution in [3.63, 3.8) is 0 Å². The van der Waals surface area contributed by atoms with Crippen molar-refractivity contribution in [1.29, 1.82) is 0 Å². The molecule has 0 heterocycles. The van der Waals surface area contributed by atoms with Crippen LogP contribution >= 0.6 is 0 Å². The van der Waals surface area contributed by atoms with Gasteiger partial charge in [-0.2, -0.15) is 0 Å². The molecule has 0 radical (unpaired) electrons. The van der Waals surface area contributed by atoms with E-state index < -0.39 is 0 Å². The molecule has 0 amide bonds. The predicted molar refractivity (Wildman–Crippen MR) is 113 cm³/mol. The minimum Gasteiger partial charge on any atom is -0.0829 e. The van der Waals surface area contributed by atoms with Crippen molar-refractivity contribution >= 4 is 0 Å². The molecule has 0 aromatic heterocycles. The lowest BCUT2D eigenvalue weighted by molar-refractivity contribution is 1.18. The summed E-state index contributed by atoms with van der Waals surface area (Å²) in [5, 5.41) is 0. The van der Waals surface area contributed by atoms with Gasteiger partial charge in [0, 0.05) is 36.3 Å². The third-order valence-corrected chi connectivity index (χ3v) is 4.45. The molecular weight excluding hydrogens is 324 g/mol. The summed E-state index contributed by atoms with van der Waals surface area (Å²) in [6.45, 7) is 0. The Morgan fingerprint density at radius 1 is 0.889 bits per heavy atom. The van der Waals surface area contributed by atoms with E-state index in [9.17, 15) is 0 Å². The molecule has 0 unspecified atom stereocenters. The second-order valence-corrected chi connectivity index (χ2v) is 6.66. The number of allylic oxidation sites excluding steroid dienone is 14. The van der Waals surface area contributed by atoms with Crippen molar-refractivity contribution in [2.24, 2.45) is 0 Å². The summed E-state index contributed by atoms with van der Waals surface area (Å²) < 4.78 is 0. The van der Waals surface area contributed by atoms with Gasteiger partial charge >= 0.3 is 0 Å². The van der Waals surface area contributed by atoms with Crippen molar-refractivity contribution in [3.05, 3.63) is 149 Å². The molecule has 27 heavy (non-hydrogen) atoms. The molecule has 1 aromatic carbocycles. The largest absolute Gasteiger partial charge is 0.171 e. The van der Waals surface area contributed by atoms with E-state index in [0.29, 0.717) is 0 Å². The van der Waals surface area contributed by atoms with Gasteiger partial charge in [0.25, 0.3) is 0 Å². The summed E-state index contributed by atoms with van der Waals surface area (Å²) in [5.41, 5.74) is 10.4. The first-order valence-corrected chi connectivity index (χ1v) is 9.33. The summed E-state index contributed by atoms with van der Waals surface area (Å²) in [6, 6.07) is 10.2. The maximum Gasteiger partial charge on any atom is 0.171 e. The highest BCUT2D eigenvalue weighted by Gasteiger charge is 2.21. The van der Waals surface area contributed by atoms with Crippen molar-refractivity contribution < 1.29 is 0 Å². The smallest absolute Gasteiger partial charge is 0.0829 e. The Labute approximate surface area is 162 Å². The van der Waals surface area contributed by atoms with Crippen LogP contribution in [-0.4, -0.2) is 0 Å². The maximum absolute atomic E-state index is 3.48. The molecule has 0 saturated carbocycles. The average molecular weight is 345 g/mol. The van der Waals surface area contributed by atoms with E-state index in [4.69, 9.17) is 0 Å². The van der Waals surface area contributed by atoms with Crippen LogP contribution in [0, 0.1) is 18.9 Å². The standard InChI is InChI=1S/C27H21/c1-3-9-22(10-4-1)17-24-13-7-15-26(19-24)21-27-16-8-14-25(20-27)18-23-11-5-2-6-12-23/h1,3-15,19-21H,2,16H2/q+3. The first-order valence-electron chi connectivity index (χ1n) is 9.33. The van der Waals surface area contributed by atoms with Gasteiger partial charge in [-0.25, -0.2) is 0 Å². The van der Waals surface area contributed by atoms with Crippen LogP contribution in [0.4, 0.5) is 0 Å². The van der Waals surface area contributed by atoms with Gasteiger partial charge in [-0.15, -0.1) is 0 Å². The minimum atomic E-state index is 0.947. The normalized spacial score (nSPS) is 19.2. The van der Waals surface area contributed by atoms with Crippen molar-refractivity contribution in [1.82, 2.24) is 0 Å². The van der Waals surface area contributed by atoms with E-state index >= 15 is 0 Å². The van der Waals surface area contributed by atoms with E-state index in [1.807, 2.05) is 18.2 Å². The number of hydrogen-bond acceptors (Lipinski definition) is 0. The third-order valence-electron chi connectivity index (χ3n) is 4.45. The van der Waals surface area contributed by atoms with Crippen LogP contribution in [0.2, 0.25) is 0 Å². The summed E-state index contributed by atoms with van der Waals surface area (Å²) in [6.07, 6.45) is 31.3. The zero-order valence-electron chi connectivity index (χ0n) is 15.2. The fourth-order valence-electron chi connectivity index (χ4n) is 3.19. The van der Waals surface area contributed by atoms with Crippen molar-refractivity contribution in [2.45, 2.75) is 12.8 Å². The van der Waals surface area contributed by atoms with Gasteiger partial charge in [0.2, 0.25) is 0 Å². The number of rotatable bonds is 3. The molecule has 0 fully saturated rings. The fourth-order valence-corrected chi connectivity index (χ4v) is 3.19. The van der Waals surface area contributed by atoms with Crippen molar-refractivity contribution in [2.75, 3.05) is 0 Å². The first-order chi connectivity index (χ1) is 13.3. The van der Waals surface area contributed by atoms with Crippen LogP contribution in [0.15, 0.2) is 125 Å². The van der Waals surface area contributed by atoms with Gasteiger partial charge in [-0.1, -0.05) is 36.1 Å². The van der Waals surface area contributed by atoms with Crippen LogP contribution < -0.4 is 0 Å². The lowest BCUT2D eigenvalue weighted by atomic mass is 9.91. The molecule has 0 aliphatic heterocycles. The average Bonchev–Trinajstić information content (AvgIpc) is 2.70.